The van der Waals surface area contributed by atoms with Gasteiger partial charge in [-0.2, -0.15) is 5.10 Å². The molecule has 1 heterocycles. The summed E-state index contributed by atoms with van der Waals surface area (Å²) in [5.41, 5.74) is 1.19. The van der Waals surface area contributed by atoms with Crippen LogP contribution in [0, 0.1) is 0 Å². The number of hydrogen-bond donors (Lipinski definition) is 2. The Bertz CT molecular complexity index is 396. The maximum Gasteiger partial charge on any atom is 0.138 e. The third-order valence-electron chi connectivity index (χ3n) is 2.00. The summed E-state index contributed by atoms with van der Waals surface area (Å²) in [6, 6.07) is 7.76. The van der Waals surface area contributed by atoms with Crippen molar-refractivity contribution in [1.29, 1.82) is 0 Å². The molecule has 4 nitrogen and oxygen atoms in total. The lowest BCUT2D eigenvalue weighted by atomic mass is 10.2. The lowest BCUT2D eigenvalue weighted by Crippen LogP contribution is -2.13. The van der Waals surface area contributed by atoms with E-state index in [-0.39, 0.29) is 0 Å². The van der Waals surface area contributed by atoms with Crippen molar-refractivity contribution in [2.45, 2.75) is 13.1 Å². The van der Waals surface area contributed by atoms with Crippen LogP contribution in [0.25, 0.3) is 0 Å². The van der Waals surface area contributed by atoms with Gasteiger partial charge in [0, 0.05) is 11.6 Å². The molecular weight excluding hydrogens is 212 g/mol. The Labute approximate surface area is 92.7 Å². The van der Waals surface area contributed by atoms with E-state index < -0.39 is 0 Å². The summed E-state index contributed by atoms with van der Waals surface area (Å²) in [5, 5.41) is 10.6. The second-order valence-corrected chi connectivity index (χ2v) is 3.60. The van der Waals surface area contributed by atoms with Crippen molar-refractivity contribution in [3.63, 3.8) is 0 Å². The summed E-state index contributed by atoms with van der Waals surface area (Å²) in [5.74, 6) is 0.837. The number of aromatic nitrogens is 3. The number of H-pyrrole nitrogens is 1. The first-order valence-corrected chi connectivity index (χ1v) is 5.02. The largest absolute Gasteiger partial charge is 0.306 e. The van der Waals surface area contributed by atoms with E-state index in [4.69, 9.17) is 11.6 Å². The van der Waals surface area contributed by atoms with Crippen LogP contribution in [0.2, 0.25) is 5.02 Å². The van der Waals surface area contributed by atoms with Crippen molar-refractivity contribution >= 4 is 11.6 Å². The van der Waals surface area contributed by atoms with E-state index in [1.54, 1.807) is 0 Å². The van der Waals surface area contributed by atoms with Gasteiger partial charge in [0.1, 0.15) is 12.2 Å². The fraction of sp³-hybridized carbons (Fsp3) is 0.200. The van der Waals surface area contributed by atoms with Crippen molar-refractivity contribution in [3.05, 3.63) is 47.0 Å². The van der Waals surface area contributed by atoms with Crippen LogP contribution >= 0.6 is 11.6 Å². The lowest BCUT2D eigenvalue weighted by Gasteiger charge is -2.02. The van der Waals surface area contributed by atoms with Crippen LogP contribution in [0.1, 0.15) is 11.4 Å². The number of hydrogen-bond acceptors (Lipinski definition) is 3. The van der Waals surface area contributed by atoms with Crippen molar-refractivity contribution in [2.24, 2.45) is 0 Å². The molecule has 2 N–H and O–H groups in total. The molecule has 2 aromatic rings. The van der Waals surface area contributed by atoms with Gasteiger partial charge in [0.2, 0.25) is 0 Å². The van der Waals surface area contributed by atoms with Gasteiger partial charge in [0.25, 0.3) is 0 Å². The van der Waals surface area contributed by atoms with Gasteiger partial charge < -0.3 is 5.32 Å². The van der Waals surface area contributed by atoms with Gasteiger partial charge in [-0.3, -0.25) is 5.10 Å². The summed E-state index contributed by atoms with van der Waals surface area (Å²) in [6.45, 7) is 1.47. The highest BCUT2D eigenvalue weighted by atomic mass is 35.5. The van der Waals surface area contributed by atoms with E-state index in [1.807, 2.05) is 24.3 Å². The molecule has 5 heteroatoms. The molecule has 1 aromatic heterocycles. The fourth-order valence-corrected chi connectivity index (χ4v) is 1.37. The molecule has 0 unspecified atom stereocenters. The molecule has 1 aromatic carbocycles. The second-order valence-electron chi connectivity index (χ2n) is 3.16. The molecule has 15 heavy (non-hydrogen) atoms. The fourth-order valence-electron chi connectivity index (χ4n) is 1.24. The molecule has 0 fully saturated rings. The van der Waals surface area contributed by atoms with Gasteiger partial charge in [-0.25, -0.2) is 4.98 Å². The highest BCUT2D eigenvalue weighted by Gasteiger charge is 1.95. The predicted octanol–water partition coefficient (Wildman–Crippen LogP) is 1.75. The van der Waals surface area contributed by atoms with E-state index in [9.17, 15) is 0 Å². The Kier molecular flexibility index (Phi) is 3.32. The Morgan fingerprint density at radius 3 is 2.67 bits per heavy atom. The minimum Gasteiger partial charge on any atom is -0.306 e. The summed E-state index contributed by atoms with van der Waals surface area (Å²) >= 11 is 5.78. The van der Waals surface area contributed by atoms with Crippen LogP contribution in [0.4, 0.5) is 0 Å². The van der Waals surface area contributed by atoms with E-state index >= 15 is 0 Å². The number of aromatic amines is 1. The number of nitrogens with zero attached hydrogens (tertiary/aromatic N) is 2. The molecule has 0 aliphatic carbocycles. The molecule has 2 rings (SSSR count). The Balaban J connectivity index is 1.81. The smallest absolute Gasteiger partial charge is 0.138 e. The SMILES string of the molecule is Clc1ccc(CNCc2ncn[nH]2)cc1. The number of benzene rings is 1. The predicted molar refractivity (Wildman–Crippen MR) is 58.4 cm³/mol. The van der Waals surface area contributed by atoms with Gasteiger partial charge in [-0.15, -0.1) is 0 Å². The summed E-state index contributed by atoms with van der Waals surface area (Å²) < 4.78 is 0. The van der Waals surface area contributed by atoms with Gasteiger partial charge in [-0.05, 0) is 17.7 Å². The maximum atomic E-state index is 5.78. The molecule has 0 spiro atoms. The molecule has 0 aliphatic rings. The van der Waals surface area contributed by atoms with Crippen LogP contribution in [0.5, 0.6) is 0 Å². The summed E-state index contributed by atoms with van der Waals surface area (Å²) in [7, 11) is 0. The minimum absolute atomic E-state index is 0.683. The highest BCUT2D eigenvalue weighted by Crippen LogP contribution is 2.09. The minimum atomic E-state index is 0.683. The van der Waals surface area contributed by atoms with Gasteiger partial charge in [-0.1, -0.05) is 23.7 Å². The van der Waals surface area contributed by atoms with Crippen molar-refractivity contribution in [1.82, 2.24) is 20.5 Å². The zero-order chi connectivity index (χ0) is 10.5. The van der Waals surface area contributed by atoms with Crippen molar-refractivity contribution in [3.8, 4) is 0 Å². The van der Waals surface area contributed by atoms with Crippen LogP contribution in [-0.4, -0.2) is 15.2 Å². The number of halogens is 1. The first-order chi connectivity index (χ1) is 7.34. The van der Waals surface area contributed by atoms with Gasteiger partial charge in [0.05, 0.1) is 6.54 Å². The van der Waals surface area contributed by atoms with E-state index in [1.165, 1.54) is 11.9 Å². The van der Waals surface area contributed by atoms with Gasteiger partial charge in [0.15, 0.2) is 0 Å². The molecule has 0 radical (unpaired) electrons. The topological polar surface area (TPSA) is 53.6 Å². The zero-order valence-corrected chi connectivity index (χ0v) is 8.83. The highest BCUT2D eigenvalue weighted by molar-refractivity contribution is 6.30. The normalized spacial score (nSPS) is 10.5. The van der Waals surface area contributed by atoms with E-state index in [0.29, 0.717) is 6.54 Å². The van der Waals surface area contributed by atoms with E-state index in [0.717, 1.165) is 17.4 Å². The van der Waals surface area contributed by atoms with Crippen molar-refractivity contribution < 1.29 is 0 Å². The van der Waals surface area contributed by atoms with Gasteiger partial charge >= 0.3 is 0 Å². The first-order valence-electron chi connectivity index (χ1n) is 4.64. The first kappa shape index (κ1) is 10.1. The summed E-state index contributed by atoms with van der Waals surface area (Å²) in [6.07, 6.45) is 1.50. The average Bonchev–Trinajstić information content (AvgIpc) is 2.74. The molecule has 0 saturated heterocycles. The zero-order valence-electron chi connectivity index (χ0n) is 8.07. The molecule has 0 aliphatic heterocycles. The summed E-state index contributed by atoms with van der Waals surface area (Å²) in [4.78, 5) is 4.01. The number of nitrogens with one attached hydrogen (secondary N) is 2. The molecule has 0 amide bonds. The average molecular weight is 223 g/mol. The Morgan fingerprint density at radius 2 is 2.00 bits per heavy atom. The Morgan fingerprint density at radius 1 is 1.20 bits per heavy atom. The molecule has 78 valence electrons. The molecular formula is C10H11ClN4. The van der Waals surface area contributed by atoms with Crippen LogP contribution in [0.15, 0.2) is 30.6 Å². The quantitative estimate of drug-likeness (QED) is 0.829. The lowest BCUT2D eigenvalue weighted by molar-refractivity contribution is 0.665. The standard InChI is InChI=1S/C10H11ClN4/c11-9-3-1-8(2-4-9)5-12-6-10-13-7-14-15-10/h1-4,7,12H,5-6H2,(H,13,14,15). The third kappa shape index (κ3) is 3.04. The third-order valence-corrected chi connectivity index (χ3v) is 2.25. The van der Waals surface area contributed by atoms with Crippen LogP contribution in [-0.2, 0) is 13.1 Å². The monoisotopic (exact) mass is 222 g/mol. The number of rotatable bonds is 4. The second kappa shape index (κ2) is 4.91. The Hall–Kier alpha value is -1.39. The molecule has 0 bridgehead atoms. The molecule has 0 atom stereocenters. The van der Waals surface area contributed by atoms with Crippen LogP contribution in [0.3, 0.4) is 0 Å². The molecule has 0 saturated carbocycles. The van der Waals surface area contributed by atoms with E-state index in [2.05, 4.69) is 20.5 Å². The van der Waals surface area contributed by atoms with Crippen LogP contribution < -0.4 is 5.32 Å². The van der Waals surface area contributed by atoms with Crippen molar-refractivity contribution in [2.75, 3.05) is 0 Å². The maximum absolute atomic E-state index is 5.78.